The number of hydrogen-bond acceptors (Lipinski definition) is 3. The first-order chi connectivity index (χ1) is 9.24. The summed E-state index contributed by atoms with van der Waals surface area (Å²) in [5.41, 5.74) is 2.92. The largest absolute Gasteiger partial charge is 0.338 e. The van der Waals surface area contributed by atoms with Crippen molar-refractivity contribution in [2.24, 2.45) is 0 Å². The molecule has 0 aliphatic rings. The summed E-state index contributed by atoms with van der Waals surface area (Å²) < 4.78 is 0. The number of anilines is 2. The summed E-state index contributed by atoms with van der Waals surface area (Å²) in [4.78, 5) is 8.57. The van der Waals surface area contributed by atoms with Crippen LogP contribution in [0.15, 0.2) is 48.8 Å². The number of benzene rings is 2. The summed E-state index contributed by atoms with van der Waals surface area (Å²) in [5, 5.41) is 4.92. The van der Waals surface area contributed by atoms with Gasteiger partial charge in [0.25, 0.3) is 0 Å². The molecule has 2 aromatic carbocycles. The van der Waals surface area contributed by atoms with Crippen molar-refractivity contribution in [3.63, 3.8) is 0 Å². The van der Waals surface area contributed by atoms with E-state index in [0.29, 0.717) is 5.02 Å². The standard InChI is InChI=1S/C15H12ClN3/c1-10-6-7-13-11(8-10)15(18-9-17-13)19-14-5-3-2-4-12(14)16/h2-9H,1H3,(H,17,18,19). The van der Waals surface area contributed by atoms with E-state index in [1.165, 1.54) is 5.56 Å². The van der Waals surface area contributed by atoms with Crippen molar-refractivity contribution < 1.29 is 0 Å². The molecule has 4 heteroatoms. The molecule has 94 valence electrons. The third-order valence-electron chi connectivity index (χ3n) is 2.92. The third kappa shape index (κ3) is 2.37. The molecule has 0 radical (unpaired) electrons. The normalized spacial score (nSPS) is 10.6. The highest BCUT2D eigenvalue weighted by Crippen LogP contribution is 2.27. The van der Waals surface area contributed by atoms with Gasteiger partial charge in [-0.15, -0.1) is 0 Å². The Morgan fingerprint density at radius 1 is 1.05 bits per heavy atom. The van der Waals surface area contributed by atoms with E-state index >= 15 is 0 Å². The predicted octanol–water partition coefficient (Wildman–Crippen LogP) is 4.34. The fourth-order valence-corrected chi connectivity index (χ4v) is 2.14. The lowest BCUT2D eigenvalue weighted by atomic mass is 10.1. The molecule has 0 spiro atoms. The van der Waals surface area contributed by atoms with Gasteiger partial charge in [0.15, 0.2) is 0 Å². The van der Waals surface area contributed by atoms with Crippen molar-refractivity contribution in [1.29, 1.82) is 0 Å². The first kappa shape index (κ1) is 11.9. The number of aryl methyl sites for hydroxylation is 1. The van der Waals surface area contributed by atoms with Gasteiger partial charge in [0.2, 0.25) is 0 Å². The Hall–Kier alpha value is -2.13. The SMILES string of the molecule is Cc1ccc2ncnc(Nc3ccccc3Cl)c2c1. The highest BCUT2D eigenvalue weighted by atomic mass is 35.5. The monoisotopic (exact) mass is 269 g/mol. The molecule has 3 aromatic rings. The Balaban J connectivity index is 2.10. The third-order valence-corrected chi connectivity index (χ3v) is 3.25. The van der Waals surface area contributed by atoms with Gasteiger partial charge < -0.3 is 5.32 Å². The number of nitrogens with zero attached hydrogens (tertiary/aromatic N) is 2. The zero-order chi connectivity index (χ0) is 13.2. The van der Waals surface area contributed by atoms with Crippen molar-refractivity contribution in [2.75, 3.05) is 5.32 Å². The van der Waals surface area contributed by atoms with Gasteiger partial charge in [-0.25, -0.2) is 9.97 Å². The van der Waals surface area contributed by atoms with Crippen LogP contribution in [0.2, 0.25) is 5.02 Å². The molecule has 1 heterocycles. The second kappa shape index (κ2) is 4.86. The minimum Gasteiger partial charge on any atom is -0.338 e. The van der Waals surface area contributed by atoms with Gasteiger partial charge in [0.1, 0.15) is 12.1 Å². The maximum absolute atomic E-state index is 6.15. The van der Waals surface area contributed by atoms with Gasteiger partial charge in [-0.05, 0) is 31.2 Å². The average molecular weight is 270 g/mol. The maximum Gasteiger partial charge on any atom is 0.141 e. The quantitative estimate of drug-likeness (QED) is 0.752. The van der Waals surface area contributed by atoms with Gasteiger partial charge in [-0.1, -0.05) is 35.4 Å². The molecule has 0 bridgehead atoms. The Morgan fingerprint density at radius 3 is 2.74 bits per heavy atom. The summed E-state index contributed by atoms with van der Waals surface area (Å²) in [6, 6.07) is 13.7. The van der Waals surface area contributed by atoms with Gasteiger partial charge in [0.05, 0.1) is 16.2 Å². The summed E-state index contributed by atoms with van der Waals surface area (Å²) in [6.07, 6.45) is 1.55. The van der Waals surface area contributed by atoms with Gasteiger partial charge >= 0.3 is 0 Å². The highest BCUT2D eigenvalue weighted by Gasteiger charge is 2.06. The van der Waals surface area contributed by atoms with Crippen molar-refractivity contribution >= 4 is 34.0 Å². The van der Waals surface area contributed by atoms with Crippen molar-refractivity contribution in [3.05, 3.63) is 59.4 Å². The fraction of sp³-hybridized carbons (Fsp3) is 0.0667. The molecule has 3 rings (SSSR count). The molecule has 0 saturated carbocycles. The van der Waals surface area contributed by atoms with Crippen LogP contribution in [0.1, 0.15) is 5.56 Å². The maximum atomic E-state index is 6.15. The van der Waals surface area contributed by atoms with E-state index < -0.39 is 0 Å². The molecule has 0 aliphatic carbocycles. The average Bonchev–Trinajstić information content (AvgIpc) is 2.42. The molecule has 3 nitrogen and oxygen atoms in total. The molecule has 0 aliphatic heterocycles. The minimum atomic E-state index is 0.668. The predicted molar refractivity (Wildman–Crippen MR) is 79.0 cm³/mol. The Labute approximate surface area is 116 Å². The van der Waals surface area contributed by atoms with Crippen molar-refractivity contribution in [1.82, 2.24) is 9.97 Å². The number of hydrogen-bond donors (Lipinski definition) is 1. The zero-order valence-corrected chi connectivity index (χ0v) is 11.1. The molecular weight excluding hydrogens is 258 g/mol. The number of halogens is 1. The second-order valence-corrected chi connectivity index (χ2v) is 4.75. The lowest BCUT2D eigenvalue weighted by Gasteiger charge is -2.10. The van der Waals surface area contributed by atoms with E-state index in [9.17, 15) is 0 Å². The number of nitrogens with one attached hydrogen (secondary N) is 1. The van der Waals surface area contributed by atoms with Crippen LogP contribution < -0.4 is 5.32 Å². The highest BCUT2D eigenvalue weighted by molar-refractivity contribution is 6.33. The Morgan fingerprint density at radius 2 is 1.89 bits per heavy atom. The van der Waals surface area contributed by atoms with Crippen LogP contribution in [0, 0.1) is 6.92 Å². The minimum absolute atomic E-state index is 0.668. The molecular formula is C15H12ClN3. The first-order valence-electron chi connectivity index (χ1n) is 5.97. The lowest BCUT2D eigenvalue weighted by molar-refractivity contribution is 1.21. The van der Waals surface area contributed by atoms with Crippen LogP contribution in [-0.2, 0) is 0 Å². The molecule has 0 unspecified atom stereocenters. The Bertz CT molecular complexity index is 740. The van der Waals surface area contributed by atoms with E-state index in [4.69, 9.17) is 11.6 Å². The van der Waals surface area contributed by atoms with Crippen LogP contribution in [0.4, 0.5) is 11.5 Å². The van der Waals surface area contributed by atoms with Crippen LogP contribution >= 0.6 is 11.6 Å². The fourth-order valence-electron chi connectivity index (χ4n) is 1.96. The van der Waals surface area contributed by atoms with Gasteiger partial charge in [0, 0.05) is 5.39 Å². The number of aromatic nitrogens is 2. The van der Waals surface area contributed by atoms with Crippen molar-refractivity contribution in [3.8, 4) is 0 Å². The second-order valence-electron chi connectivity index (χ2n) is 4.35. The summed E-state index contributed by atoms with van der Waals surface area (Å²) in [6.45, 7) is 2.05. The number of rotatable bonds is 2. The molecule has 19 heavy (non-hydrogen) atoms. The number of para-hydroxylation sites is 1. The summed E-state index contributed by atoms with van der Waals surface area (Å²) >= 11 is 6.15. The van der Waals surface area contributed by atoms with Crippen LogP contribution in [0.5, 0.6) is 0 Å². The molecule has 0 fully saturated rings. The van der Waals surface area contributed by atoms with Gasteiger partial charge in [-0.3, -0.25) is 0 Å². The summed E-state index contributed by atoms with van der Waals surface area (Å²) in [5.74, 6) is 0.766. The van der Waals surface area contributed by atoms with Crippen molar-refractivity contribution in [2.45, 2.75) is 6.92 Å². The summed E-state index contributed by atoms with van der Waals surface area (Å²) in [7, 11) is 0. The van der Waals surface area contributed by atoms with E-state index in [-0.39, 0.29) is 0 Å². The smallest absolute Gasteiger partial charge is 0.141 e. The van der Waals surface area contributed by atoms with Crippen LogP contribution in [0.3, 0.4) is 0 Å². The lowest BCUT2D eigenvalue weighted by Crippen LogP contribution is -1.96. The molecule has 0 atom stereocenters. The first-order valence-corrected chi connectivity index (χ1v) is 6.35. The van der Waals surface area contributed by atoms with Crippen LogP contribution in [-0.4, -0.2) is 9.97 Å². The van der Waals surface area contributed by atoms with E-state index in [1.54, 1.807) is 6.33 Å². The Kier molecular flexibility index (Phi) is 3.05. The van der Waals surface area contributed by atoms with E-state index in [1.807, 2.05) is 43.3 Å². The van der Waals surface area contributed by atoms with Gasteiger partial charge in [-0.2, -0.15) is 0 Å². The molecule has 0 saturated heterocycles. The molecule has 1 N–H and O–H groups in total. The van der Waals surface area contributed by atoms with E-state index in [2.05, 4.69) is 21.4 Å². The van der Waals surface area contributed by atoms with Crippen LogP contribution in [0.25, 0.3) is 10.9 Å². The molecule has 0 amide bonds. The topological polar surface area (TPSA) is 37.8 Å². The molecule has 1 aromatic heterocycles. The zero-order valence-electron chi connectivity index (χ0n) is 10.4. The number of fused-ring (bicyclic) bond motifs is 1. The van der Waals surface area contributed by atoms with E-state index in [0.717, 1.165) is 22.4 Å².